The van der Waals surface area contributed by atoms with Crippen molar-refractivity contribution in [2.75, 3.05) is 13.7 Å². The monoisotopic (exact) mass is 383 g/mol. The molecule has 2 heterocycles. The Balaban J connectivity index is 2.09. The maximum Gasteiger partial charge on any atom is 0.407 e. The highest BCUT2D eigenvalue weighted by atomic mass is 32.1. The van der Waals surface area contributed by atoms with Crippen LogP contribution in [0.2, 0.25) is 0 Å². The molecule has 0 aliphatic heterocycles. The first kappa shape index (κ1) is 19.3. The zero-order valence-corrected chi connectivity index (χ0v) is 16.2. The maximum atomic E-state index is 11.9. The number of nitrogens with one attached hydrogen (secondary N) is 1. The lowest BCUT2D eigenvalue weighted by molar-refractivity contribution is 0.0496. The molecule has 2 rings (SSSR count). The van der Waals surface area contributed by atoms with Gasteiger partial charge in [0.2, 0.25) is 0 Å². The standard InChI is InChI=1S/C17H21NO5S2/c1-17(2,3)23-16(20)18-10-12(13-6-5-8-24-13)22-11-7-9-25-14(11)15(19)21-4/h5-9,12H,10H2,1-4H3,(H,18,20). The number of amides is 1. The summed E-state index contributed by atoms with van der Waals surface area (Å²) in [7, 11) is 1.33. The number of carbonyl (C=O) groups excluding carboxylic acids is 2. The van der Waals surface area contributed by atoms with Crippen molar-refractivity contribution < 1.29 is 23.8 Å². The lowest BCUT2D eigenvalue weighted by Gasteiger charge is -2.22. The van der Waals surface area contributed by atoms with Gasteiger partial charge in [0.05, 0.1) is 13.7 Å². The number of hydrogen-bond donors (Lipinski definition) is 1. The van der Waals surface area contributed by atoms with E-state index in [1.807, 2.05) is 17.5 Å². The molecule has 6 nitrogen and oxygen atoms in total. The molecule has 0 radical (unpaired) electrons. The molecule has 2 aromatic heterocycles. The van der Waals surface area contributed by atoms with Crippen LogP contribution in [0.15, 0.2) is 29.0 Å². The molecule has 136 valence electrons. The van der Waals surface area contributed by atoms with Gasteiger partial charge in [0.1, 0.15) is 11.4 Å². The van der Waals surface area contributed by atoms with Gasteiger partial charge in [-0.1, -0.05) is 6.07 Å². The topological polar surface area (TPSA) is 73.9 Å². The number of thiophene rings is 2. The first-order valence-electron chi connectivity index (χ1n) is 7.63. The van der Waals surface area contributed by atoms with E-state index >= 15 is 0 Å². The maximum absolute atomic E-state index is 11.9. The van der Waals surface area contributed by atoms with Crippen LogP contribution in [-0.4, -0.2) is 31.3 Å². The van der Waals surface area contributed by atoms with Crippen LogP contribution in [0, 0.1) is 0 Å². The molecule has 1 N–H and O–H groups in total. The van der Waals surface area contributed by atoms with Crippen LogP contribution in [0.4, 0.5) is 4.79 Å². The van der Waals surface area contributed by atoms with Crippen LogP contribution in [0.25, 0.3) is 0 Å². The number of rotatable bonds is 6. The third kappa shape index (κ3) is 5.75. The fraction of sp³-hybridized carbons (Fsp3) is 0.412. The van der Waals surface area contributed by atoms with E-state index in [2.05, 4.69) is 5.32 Å². The van der Waals surface area contributed by atoms with Crippen molar-refractivity contribution in [3.8, 4) is 5.75 Å². The first-order valence-corrected chi connectivity index (χ1v) is 9.39. The smallest absolute Gasteiger partial charge is 0.407 e. The van der Waals surface area contributed by atoms with E-state index in [1.165, 1.54) is 29.8 Å². The van der Waals surface area contributed by atoms with Gasteiger partial charge in [-0.2, -0.15) is 0 Å². The van der Waals surface area contributed by atoms with Gasteiger partial charge in [-0.25, -0.2) is 9.59 Å². The Labute approximate surface area is 154 Å². The van der Waals surface area contributed by atoms with E-state index in [4.69, 9.17) is 14.2 Å². The average Bonchev–Trinajstić information content (AvgIpc) is 3.20. The number of alkyl carbamates (subject to hydrolysis) is 1. The quantitative estimate of drug-likeness (QED) is 0.755. The Kier molecular flexibility index (Phi) is 6.44. The molecule has 25 heavy (non-hydrogen) atoms. The van der Waals surface area contributed by atoms with Crippen molar-refractivity contribution in [3.63, 3.8) is 0 Å². The number of hydrogen-bond acceptors (Lipinski definition) is 7. The lowest BCUT2D eigenvalue weighted by atomic mass is 10.2. The van der Waals surface area contributed by atoms with E-state index in [-0.39, 0.29) is 6.54 Å². The zero-order valence-electron chi connectivity index (χ0n) is 14.5. The summed E-state index contributed by atoms with van der Waals surface area (Å²) >= 11 is 2.75. The number of esters is 1. The Morgan fingerprint density at radius 3 is 2.56 bits per heavy atom. The first-order chi connectivity index (χ1) is 11.8. The molecular formula is C17H21NO5S2. The summed E-state index contributed by atoms with van der Waals surface area (Å²) < 4.78 is 16.0. The van der Waals surface area contributed by atoms with E-state index in [1.54, 1.807) is 32.2 Å². The summed E-state index contributed by atoms with van der Waals surface area (Å²) in [5.41, 5.74) is -0.575. The van der Waals surface area contributed by atoms with Crippen molar-refractivity contribution >= 4 is 34.7 Å². The van der Waals surface area contributed by atoms with Gasteiger partial charge in [-0.3, -0.25) is 0 Å². The van der Waals surface area contributed by atoms with Gasteiger partial charge >= 0.3 is 12.1 Å². The summed E-state index contributed by atoms with van der Waals surface area (Å²) in [5.74, 6) is -0.0173. The van der Waals surface area contributed by atoms with Gasteiger partial charge < -0.3 is 19.5 Å². The minimum atomic E-state index is -0.575. The highest BCUT2D eigenvalue weighted by Crippen LogP contribution is 2.31. The molecule has 0 fully saturated rings. The van der Waals surface area contributed by atoms with Gasteiger partial charge in [0.15, 0.2) is 11.0 Å². The predicted molar refractivity (Wildman–Crippen MR) is 97.6 cm³/mol. The number of carbonyl (C=O) groups is 2. The Morgan fingerprint density at radius 2 is 1.96 bits per heavy atom. The second kappa shape index (κ2) is 8.35. The molecule has 0 bridgehead atoms. The van der Waals surface area contributed by atoms with Crippen molar-refractivity contribution in [1.82, 2.24) is 5.32 Å². The van der Waals surface area contributed by atoms with E-state index in [9.17, 15) is 9.59 Å². The Bertz CT molecular complexity index is 703. The molecule has 0 spiro atoms. The minimum absolute atomic E-state index is 0.214. The fourth-order valence-electron chi connectivity index (χ4n) is 1.95. The largest absolute Gasteiger partial charge is 0.481 e. The van der Waals surface area contributed by atoms with Crippen LogP contribution in [0.5, 0.6) is 5.75 Å². The van der Waals surface area contributed by atoms with Gasteiger partial charge in [0.25, 0.3) is 0 Å². The van der Waals surface area contributed by atoms with Gasteiger partial charge in [-0.05, 0) is 43.7 Å². The second-order valence-corrected chi connectivity index (χ2v) is 8.01. The molecule has 0 aromatic carbocycles. The van der Waals surface area contributed by atoms with Crippen molar-refractivity contribution in [2.45, 2.75) is 32.5 Å². The van der Waals surface area contributed by atoms with Crippen molar-refractivity contribution in [3.05, 3.63) is 38.7 Å². The SMILES string of the molecule is COC(=O)c1sccc1OC(CNC(=O)OC(C)(C)C)c1cccs1. The number of methoxy groups -OCH3 is 1. The molecule has 0 aliphatic carbocycles. The molecule has 0 saturated carbocycles. The molecule has 0 saturated heterocycles. The molecule has 1 unspecified atom stereocenters. The third-order valence-corrected chi connectivity index (χ3v) is 4.80. The summed E-state index contributed by atoms with van der Waals surface area (Å²) in [6.07, 6.45) is -0.957. The summed E-state index contributed by atoms with van der Waals surface area (Å²) in [5, 5.41) is 6.39. The van der Waals surface area contributed by atoms with Crippen LogP contribution in [0.1, 0.15) is 41.4 Å². The molecule has 0 aliphatic rings. The third-order valence-electron chi connectivity index (χ3n) is 2.96. The van der Waals surface area contributed by atoms with Crippen LogP contribution in [-0.2, 0) is 9.47 Å². The summed E-state index contributed by atoms with van der Waals surface area (Å²) in [6, 6.07) is 5.53. The fourth-order valence-corrected chi connectivity index (χ4v) is 3.44. The van der Waals surface area contributed by atoms with E-state index in [0.717, 1.165) is 4.88 Å². The summed E-state index contributed by atoms with van der Waals surface area (Å²) in [6.45, 7) is 5.61. The van der Waals surface area contributed by atoms with Gasteiger partial charge in [-0.15, -0.1) is 22.7 Å². The van der Waals surface area contributed by atoms with Gasteiger partial charge in [0, 0.05) is 4.88 Å². The normalized spacial score (nSPS) is 12.3. The molecule has 2 aromatic rings. The molecular weight excluding hydrogens is 362 g/mol. The number of ether oxygens (including phenoxy) is 3. The lowest BCUT2D eigenvalue weighted by Crippen LogP contribution is -2.35. The molecule has 8 heteroatoms. The van der Waals surface area contributed by atoms with E-state index in [0.29, 0.717) is 10.6 Å². The Hall–Kier alpha value is -2.06. The highest BCUT2D eigenvalue weighted by molar-refractivity contribution is 7.12. The van der Waals surface area contributed by atoms with Crippen LogP contribution < -0.4 is 10.1 Å². The average molecular weight is 383 g/mol. The zero-order chi connectivity index (χ0) is 18.4. The Morgan fingerprint density at radius 1 is 1.20 bits per heavy atom. The minimum Gasteiger partial charge on any atom is -0.481 e. The second-order valence-electron chi connectivity index (χ2n) is 6.11. The van der Waals surface area contributed by atoms with Crippen LogP contribution in [0.3, 0.4) is 0 Å². The molecule has 1 amide bonds. The molecule has 1 atom stereocenters. The van der Waals surface area contributed by atoms with Crippen molar-refractivity contribution in [1.29, 1.82) is 0 Å². The summed E-state index contributed by atoms with van der Waals surface area (Å²) in [4.78, 5) is 25.0. The predicted octanol–water partition coefficient (Wildman–Crippen LogP) is 4.24. The van der Waals surface area contributed by atoms with Crippen molar-refractivity contribution in [2.24, 2.45) is 0 Å². The highest BCUT2D eigenvalue weighted by Gasteiger charge is 2.23. The van der Waals surface area contributed by atoms with E-state index < -0.39 is 23.8 Å². The van der Waals surface area contributed by atoms with Crippen LogP contribution >= 0.6 is 22.7 Å².